The molecule has 0 saturated carbocycles. The molecule has 0 heterocycles. The summed E-state index contributed by atoms with van der Waals surface area (Å²) in [4.78, 5) is 65.2. The molecule has 0 aromatic heterocycles. The van der Waals surface area contributed by atoms with Crippen molar-refractivity contribution in [2.75, 3.05) is 13.2 Å². The Morgan fingerprint density at radius 1 is 0.483 bits per heavy atom. The van der Waals surface area contributed by atoms with Crippen molar-refractivity contribution in [3.05, 3.63) is 167 Å². The molecule has 0 fully saturated rings. The molecule has 5 aromatic carbocycles. The third-order valence-corrected chi connectivity index (χ3v) is 10.1. The lowest BCUT2D eigenvalue weighted by molar-refractivity contribution is -0.148. The lowest BCUT2D eigenvalue weighted by Gasteiger charge is -2.19. The summed E-state index contributed by atoms with van der Waals surface area (Å²) in [5, 5.41) is 8.09. The molecule has 2 atom stereocenters. The summed E-state index contributed by atoms with van der Waals surface area (Å²) in [7, 11) is 0. The predicted octanol–water partition coefficient (Wildman–Crippen LogP) is 7.74. The molecule has 0 radical (unpaired) electrons. The Hall–Kier alpha value is -6.95. The van der Waals surface area contributed by atoms with E-state index in [9.17, 15) is 24.0 Å². The zero-order valence-corrected chi connectivity index (χ0v) is 33.3. The Bertz CT molecular complexity index is 2140. The van der Waals surface area contributed by atoms with Crippen LogP contribution in [0, 0.1) is 0 Å². The number of carbonyl (C=O) groups is 5. The van der Waals surface area contributed by atoms with Crippen LogP contribution in [0.3, 0.4) is 0 Å². The van der Waals surface area contributed by atoms with Crippen LogP contribution < -0.4 is 16.0 Å². The Balaban J connectivity index is 0.977. The second kappa shape index (κ2) is 22.3. The number of alkyl carbamates (subject to hydrolysis) is 2. The quantitative estimate of drug-likeness (QED) is 0.0406. The van der Waals surface area contributed by atoms with Crippen LogP contribution in [0.5, 0.6) is 0 Å². The Morgan fingerprint density at radius 2 is 0.917 bits per heavy atom. The number of rotatable bonds is 20. The van der Waals surface area contributed by atoms with Gasteiger partial charge in [0.15, 0.2) is 0 Å². The van der Waals surface area contributed by atoms with Gasteiger partial charge in [0.2, 0.25) is 5.91 Å². The smallest absolute Gasteiger partial charge is 0.408 e. The van der Waals surface area contributed by atoms with Gasteiger partial charge in [0, 0.05) is 18.9 Å². The summed E-state index contributed by atoms with van der Waals surface area (Å²) in [6.07, 6.45) is -0.488. The molecule has 0 saturated heterocycles. The third-order valence-electron chi connectivity index (χ3n) is 10.1. The van der Waals surface area contributed by atoms with E-state index in [1.54, 1.807) is 0 Å². The molecule has 5 aromatic rings. The first-order chi connectivity index (χ1) is 29.3. The van der Waals surface area contributed by atoms with Crippen LogP contribution in [-0.4, -0.2) is 55.3 Å². The molecule has 1 aliphatic rings. The van der Waals surface area contributed by atoms with Gasteiger partial charge in [-0.2, -0.15) is 0 Å². The normalized spacial score (nSPS) is 12.5. The number of unbranched alkanes of at least 4 members (excludes halogenated alkanes) is 1. The van der Waals surface area contributed by atoms with E-state index in [0.29, 0.717) is 12.8 Å². The fraction of sp³-hybridized carbons (Fsp3) is 0.271. The van der Waals surface area contributed by atoms with Gasteiger partial charge in [0.1, 0.15) is 38.5 Å². The van der Waals surface area contributed by atoms with Crippen molar-refractivity contribution in [3.63, 3.8) is 0 Å². The van der Waals surface area contributed by atoms with Crippen molar-refractivity contribution in [2.24, 2.45) is 0 Å². The van der Waals surface area contributed by atoms with E-state index in [1.807, 2.05) is 140 Å². The zero-order chi connectivity index (χ0) is 41.9. The highest BCUT2D eigenvalue weighted by atomic mass is 16.6. The van der Waals surface area contributed by atoms with Crippen LogP contribution in [0.1, 0.15) is 65.8 Å². The van der Waals surface area contributed by atoms with Gasteiger partial charge in [0.25, 0.3) is 0 Å². The molecule has 1 aliphatic carbocycles. The average Bonchev–Trinajstić information content (AvgIpc) is 3.61. The van der Waals surface area contributed by atoms with E-state index < -0.39 is 36.2 Å². The first kappa shape index (κ1) is 42.7. The number of hydrogen-bond donors (Lipinski definition) is 3. The molecule has 60 heavy (non-hydrogen) atoms. The fourth-order valence-corrected chi connectivity index (χ4v) is 6.91. The van der Waals surface area contributed by atoms with Gasteiger partial charge in [-0.3, -0.25) is 4.79 Å². The van der Waals surface area contributed by atoms with E-state index in [0.717, 1.165) is 38.9 Å². The first-order valence-electron chi connectivity index (χ1n) is 20.1. The van der Waals surface area contributed by atoms with E-state index in [-0.39, 0.29) is 64.1 Å². The minimum Gasteiger partial charge on any atom is -0.459 e. The van der Waals surface area contributed by atoms with E-state index in [4.69, 9.17) is 18.9 Å². The summed E-state index contributed by atoms with van der Waals surface area (Å²) >= 11 is 0. The van der Waals surface area contributed by atoms with Crippen molar-refractivity contribution < 1.29 is 42.9 Å². The number of benzene rings is 5. The highest BCUT2D eigenvalue weighted by Crippen LogP contribution is 2.44. The lowest BCUT2D eigenvalue weighted by Crippen LogP contribution is -2.43. The maximum atomic E-state index is 13.3. The maximum Gasteiger partial charge on any atom is 0.408 e. The summed E-state index contributed by atoms with van der Waals surface area (Å²) in [5.41, 5.74) is 6.67. The molecule has 3 N–H and O–H groups in total. The number of esters is 2. The summed E-state index contributed by atoms with van der Waals surface area (Å²) in [5.74, 6) is -1.81. The van der Waals surface area contributed by atoms with Crippen LogP contribution >= 0.6 is 0 Å². The molecular weight excluding hydrogens is 763 g/mol. The Labute approximate surface area is 349 Å². The van der Waals surface area contributed by atoms with Gasteiger partial charge in [-0.15, -0.1) is 0 Å². The molecule has 0 aliphatic heterocycles. The van der Waals surface area contributed by atoms with Crippen molar-refractivity contribution in [2.45, 2.75) is 69.9 Å². The molecule has 0 bridgehead atoms. The number of nitrogens with one attached hydrogen (secondary N) is 3. The molecule has 0 spiro atoms. The summed E-state index contributed by atoms with van der Waals surface area (Å²) in [6.45, 7) is 0.407. The molecule has 12 nitrogen and oxygen atoms in total. The number of carbonyl (C=O) groups excluding carboxylic acids is 5. The average molecular weight is 812 g/mol. The van der Waals surface area contributed by atoms with Gasteiger partial charge >= 0.3 is 24.1 Å². The van der Waals surface area contributed by atoms with Crippen LogP contribution in [0.15, 0.2) is 140 Å². The second-order valence-electron chi connectivity index (χ2n) is 14.4. The standard InChI is InChI=1S/C48H49N3O9/c52-44(49-29-15-14-26-42(45(53)57-30-34-16-4-1-5-17-34)50-47(55)59-32-36-20-8-3-9-21-36)28-27-43(46(54)58-31-35-18-6-2-7-19-35)51-48(56)60-33-41-39-24-12-10-22-37(39)38-23-11-13-25-40(38)41/h1-13,16-25,41-43H,14-15,26-33H2,(H,49,52)(H,50,55)(H,51,56)/t42-,43-/m1/s1. The van der Waals surface area contributed by atoms with E-state index in [2.05, 4.69) is 16.0 Å². The predicted molar refractivity (Wildman–Crippen MR) is 224 cm³/mol. The van der Waals surface area contributed by atoms with Crippen molar-refractivity contribution >= 4 is 30.0 Å². The largest absolute Gasteiger partial charge is 0.459 e. The van der Waals surface area contributed by atoms with Crippen LogP contribution in [0.4, 0.5) is 9.59 Å². The molecule has 12 heteroatoms. The molecule has 6 rings (SSSR count). The zero-order valence-electron chi connectivity index (χ0n) is 33.3. The minimum atomic E-state index is -1.15. The van der Waals surface area contributed by atoms with Crippen molar-refractivity contribution in [1.82, 2.24) is 16.0 Å². The van der Waals surface area contributed by atoms with Gasteiger partial charge in [-0.05, 0) is 64.6 Å². The minimum absolute atomic E-state index is 0.00482. The SMILES string of the molecule is O=C(CC[C@@H](NC(=O)OCC1c2ccccc2-c2ccccc21)C(=O)OCc1ccccc1)NCCCC[C@@H](NC(=O)OCc1ccccc1)C(=O)OCc1ccccc1. The van der Waals surface area contributed by atoms with E-state index >= 15 is 0 Å². The van der Waals surface area contributed by atoms with Crippen molar-refractivity contribution in [1.29, 1.82) is 0 Å². The second-order valence-corrected chi connectivity index (χ2v) is 14.4. The summed E-state index contributed by atoms with van der Waals surface area (Å²) < 4.78 is 22.1. The number of hydrogen-bond acceptors (Lipinski definition) is 9. The van der Waals surface area contributed by atoms with Crippen molar-refractivity contribution in [3.8, 4) is 11.1 Å². The Kier molecular flexibility index (Phi) is 15.8. The third kappa shape index (κ3) is 12.8. The fourth-order valence-electron chi connectivity index (χ4n) is 6.91. The lowest BCUT2D eigenvalue weighted by atomic mass is 9.98. The summed E-state index contributed by atoms with van der Waals surface area (Å²) in [6, 6.07) is 41.4. The van der Waals surface area contributed by atoms with Crippen LogP contribution in [0.2, 0.25) is 0 Å². The molecule has 3 amide bonds. The molecule has 310 valence electrons. The number of ether oxygens (including phenoxy) is 4. The van der Waals surface area contributed by atoms with Crippen LogP contribution in [0.25, 0.3) is 11.1 Å². The monoisotopic (exact) mass is 811 g/mol. The van der Waals surface area contributed by atoms with Gasteiger partial charge in [0.05, 0.1) is 0 Å². The van der Waals surface area contributed by atoms with Crippen LogP contribution in [-0.2, 0) is 53.2 Å². The van der Waals surface area contributed by atoms with Gasteiger partial charge < -0.3 is 34.9 Å². The molecular formula is C48H49N3O9. The maximum absolute atomic E-state index is 13.3. The van der Waals surface area contributed by atoms with E-state index in [1.165, 1.54) is 0 Å². The van der Waals surface area contributed by atoms with Gasteiger partial charge in [-0.1, -0.05) is 140 Å². The Morgan fingerprint density at radius 3 is 1.43 bits per heavy atom. The number of amides is 3. The molecule has 0 unspecified atom stereocenters. The highest BCUT2D eigenvalue weighted by molar-refractivity contribution is 5.84. The van der Waals surface area contributed by atoms with Gasteiger partial charge in [-0.25, -0.2) is 19.2 Å². The topological polar surface area (TPSA) is 158 Å². The highest BCUT2D eigenvalue weighted by Gasteiger charge is 2.30. The first-order valence-corrected chi connectivity index (χ1v) is 20.1. The number of fused-ring (bicyclic) bond motifs is 3.